The zero-order chi connectivity index (χ0) is 11.5. The number of unbranched alkanes of at least 4 members (excludes halogenated alkanes) is 4. The molecule has 0 saturated carbocycles. The molecule has 0 aromatic rings. The predicted molar refractivity (Wildman–Crippen MR) is 63.8 cm³/mol. The molecule has 0 bridgehead atoms. The zero-order valence-electron chi connectivity index (χ0n) is 10.5. The van der Waals surface area contributed by atoms with E-state index in [2.05, 4.69) is 20.8 Å². The van der Waals surface area contributed by atoms with Gasteiger partial charge in [-0.3, -0.25) is 4.79 Å². The summed E-state index contributed by atoms with van der Waals surface area (Å²) in [5, 5.41) is 0. The third-order valence-electron chi connectivity index (χ3n) is 3.10. The lowest BCUT2D eigenvalue weighted by atomic mass is 9.96. The molecule has 0 spiro atoms. The monoisotopic (exact) mass is 214 g/mol. The third-order valence-corrected chi connectivity index (χ3v) is 3.10. The molecule has 0 fully saturated rings. The van der Waals surface area contributed by atoms with Gasteiger partial charge in [-0.05, 0) is 18.8 Å². The van der Waals surface area contributed by atoms with Crippen LogP contribution in [0.5, 0.6) is 0 Å². The summed E-state index contributed by atoms with van der Waals surface area (Å²) in [6, 6.07) is 0. The Morgan fingerprint density at radius 1 is 1.13 bits per heavy atom. The van der Waals surface area contributed by atoms with Crippen LogP contribution in [0.4, 0.5) is 0 Å². The fourth-order valence-corrected chi connectivity index (χ4v) is 1.77. The van der Waals surface area contributed by atoms with E-state index < -0.39 is 0 Å². The molecule has 0 radical (unpaired) electrons. The van der Waals surface area contributed by atoms with Crippen LogP contribution in [0.15, 0.2) is 0 Å². The number of carbonyl (C=O) groups excluding carboxylic acids is 1. The van der Waals surface area contributed by atoms with E-state index in [1.807, 2.05) is 0 Å². The summed E-state index contributed by atoms with van der Waals surface area (Å²) < 4.78 is 5.12. The Kier molecular flexibility index (Phi) is 9.65. The molecule has 2 atom stereocenters. The van der Waals surface area contributed by atoms with Gasteiger partial charge in [-0.2, -0.15) is 0 Å². The SMILES string of the molecule is CCCCCCCC(OC=O)C(C)CC. The number of hydrogen-bond acceptors (Lipinski definition) is 2. The molecular weight excluding hydrogens is 188 g/mol. The molecule has 0 aliphatic carbocycles. The second-order valence-corrected chi connectivity index (χ2v) is 4.36. The summed E-state index contributed by atoms with van der Waals surface area (Å²) in [6.07, 6.45) is 8.60. The van der Waals surface area contributed by atoms with Gasteiger partial charge < -0.3 is 4.74 Å². The molecular formula is C13H26O2. The first-order valence-electron chi connectivity index (χ1n) is 6.35. The Bertz CT molecular complexity index is 145. The molecule has 90 valence electrons. The van der Waals surface area contributed by atoms with Crippen LogP contribution >= 0.6 is 0 Å². The van der Waals surface area contributed by atoms with Crippen LogP contribution in [-0.4, -0.2) is 12.6 Å². The van der Waals surface area contributed by atoms with Crippen LogP contribution in [0.2, 0.25) is 0 Å². The normalized spacial score (nSPS) is 14.6. The van der Waals surface area contributed by atoms with Crippen molar-refractivity contribution in [3.05, 3.63) is 0 Å². The van der Waals surface area contributed by atoms with Gasteiger partial charge in [0.1, 0.15) is 6.10 Å². The molecule has 2 unspecified atom stereocenters. The molecule has 0 aromatic carbocycles. The molecule has 0 saturated heterocycles. The average molecular weight is 214 g/mol. The van der Waals surface area contributed by atoms with E-state index in [9.17, 15) is 4.79 Å². The van der Waals surface area contributed by atoms with Gasteiger partial charge in [0.25, 0.3) is 6.47 Å². The van der Waals surface area contributed by atoms with Crippen molar-refractivity contribution in [1.29, 1.82) is 0 Å². The van der Waals surface area contributed by atoms with Crippen molar-refractivity contribution in [3.63, 3.8) is 0 Å². The molecule has 2 nitrogen and oxygen atoms in total. The number of hydrogen-bond donors (Lipinski definition) is 0. The lowest BCUT2D eigenvalue weighted by Gasteiger charge is -2.20. The Labute approximate surface area is 94.4 Å². The van der Waals surface area contributed by atoms with Gasteiger partial charge in [0, 0.05) is 0 Å². The maximum Gasteiger partial charge on any atom is 0.293 e. The topological polar surface area (TPSA) is 26.3 Å². The Balaban J connectivity index is 3.61. The van der Waals surface area contributed by atoms with Crippen LogP contribution in [0, 0.1) is 5.92 Å². The van der Waals surface area contributed by atoms with Crippen LogP contribution in [-0.2, 0) is 9.53 Å². The van der Waals surface area contributed by atoms with Gasteiger partial charge in [-0.15, -0.1) is 0 Å². The van der Waals surface area contributed by atoms with Crippen LogP contribution in [0.25, 0.3) is 0 Å². The minimum absolute atomic E-state index is 0.133. The molecule has 0 rings (SSSR count). The van der Waals surface area contributed by atoms with Gasteiger partial charge in [0.15, 0.2) is 0 Å². The highest BCUT2D eigenvalue weighted by atomic mass is 16.5. The largest absolute Gasteiger partial charge is 0.464 e. The summed E-state index contributed by atoms with van der Waals surface area (Å²) in [4.78, 5) is 10.3. The van der Waals surface area contributed by atoms with Crippen molar-refractivity contribution in [2.75, 3.05) is 0 Å². The minimum Gasteiger partial charge on any atom is -0.464 e. The fraction of sp³-hybridized carbons (Fsp3) is 0.923. The van der Waals surface area contributed by atoms with Crippen LogP contribution in [0.3, 0.4) is 0 Å². The molecule has 0 amide bonds. The van der Waals surface area contributed by atoms with Crippen molar-refractivity contribution in [2.24, 2.45) is 5.92 Å². The van der Waals surface area contributed by atoms with Gasteiger partial charge in [0.05, 0.1) is 0 Å². The first-order valence-corrected chi connectivity index (χ1v) is 6.35. The standard InChI is InChI=1S/C13H26O2/c1-4-6-7-8-9-10-13(15-11-14)12(3)5-2/h11-13H,4-10H2,1-3H3. The first kappa shape index (κ1) is 14.5. The van der Waals surface area contributed by atoms with Crippen molar-refractivity contribution in [2.45, 2.75) is 71.8 Å². The third kappa shape index (κ3) is 7.40. The Hall–Kier alpha value is -0.530. The Morgan fingerprint density at radius 2 is 1.80 bits per heavy atom. The van der Waals surface area contributed by atoms with E-state index in [-0.39, 0.29) is 6.10 Å². The van der Waals surface area contributed by atoms with Gasteiger partial charge in [-0.1, -0.05) is 52.9 Å². The second kappa shape index (κ2) is 10.0. The minimum atomic E-state index is 0.133. The molecule has 15 heavy (non-hydrogen) atoms. The van der Waals surface area contributed by atoms with E-state index in [0.717, 1.165) is 12.8 Å². The number of rotatable bonds is 10. The van der Waals surface area contributed by atoms with Gasteiger partial charge in [-0.25, -0.2) is 0 Å². The van der Waals surface area contributed by atoms with E-state index >= 15 is 0 Å². The Morgan fingerprint density at radius 3 is 2.33 bits per heavy atom. The molecule has 0 N–H and O–H groups in total. The molecule has 2 heteroatoms. The maximum atomic E-state index is 10.3. The van der Waals surface area contributed by atoms with Crippen molar-refractivity contribution >= 4 is 6.47 Å². The summed E-state index contributed by atoms with van der Waals surface area (Å²) in [5.74, 6) is 0.487. The fourth-order valence-electron chi connectivity index (χ4n) is 1.77. The maximum absolute atomic E-state index is 10.3. The summed E-state index contributed by atoms with van der Waals surface area (Å²) in [7, 11) is 0. The number of carbonyl (C=O) groups is 1. The quantitative estimate of drug-likeness (QED) is 0.407. The van der Waals surface area contributed by atoms with Crippen LogP contribution in [0.1, 0.15) is 65.7 Å². The van der Waals surface area contributed by atoms with E-state index in [4.69, 9.17) is 4.74 Å². The first-order chi connectivity index (χ1) is 7.26. The highest BCUT2D eigenvalue weighted by Crippen LogP contribution is 2.18. The lowest BCUT2D eigenvalue weighted by molar-refractivity contribution is -0.136. The van der Waals surface area contributed by atoms with Crippen molar-refractivity contribution in [1.82, 2.24) is 0 Å². The van der Waals surface area contributed by atoms with Crippen molar-refractivity contribution in [3.8, 4) is 0 Å². The zero-order valence-corrected chi connectivity index (χ0v) is 10.5. The van der Waals surface area contributed by atoms with E-state index in [1.165, 1.54) is 32.1 Å². The summed E-state index contributed by atoms with van der Waals surface area (Å²) >= 11 is 0. The molecule has 0 aromatic heterocycles. The highest BCUT2D eigenvalue weighted by Gasteiger charge is 2.15. The van der Waals surface area contributed by atoms with E-state index in [0.29, 0.717) is 12.4 Å². The summed E-state index contributed by atoms with van der Waals surface area (Å²) in [6.45, 7) is 7.11. The van der Waals surface area contributed by atoms with E-state index in [1.54, 1.807) is 0 Å². The summed E-state index contributed by atoms with van der Waals surface area (Å²) in [5.41, 5.74) is 0. The molecule has 0 heterocycles. The average Bonchev–Trinajstić information content (AvgIpc) is 2.26. The van der Waals surface area contributed by atoms with Gasteiger partial charge in [0.2, 0.25) is 0 Å². The molecule has 0 aliphatic heterocycles. The lowest BCUT2D eigenvalue weighted by Crippen LogP contribution is -2.20. The highest BCUT2D eigenvalue weighted by molar-refractivity contribution is 5.37. The predicted octanol–water partition coefficient (Wildman–Crippen LogP) is 3.93. The second-order valence-electron chi connectivity index (χ2n) is 4.36. The van der Waals surface area contributed by atoms with Crippen molar-refractivity contribution < 1.29 is 9.53 Å². The number of ether oxygens (including phenoxy) is 1. The van der Waals surface area contributed by atoms with Crippen LogP contribution < -0.4 is 0 Å². The molecule has 0 aliphatic rings. The smallest absolute Gasteiger partial charge is 0.293 e. The van der Waals surface area contributed by atoms with Gasteiger partial charge >= 0.3 is 0 Å².